The molecular formula is C14H14FN. The second kappa shape index (κ2) is 4.79. The van der Waals surface area contributed by atoms with Gasteiger partial charge >= 0.3 is 0 Å². The van der Waals surface area contributed by atoms with Crippen molar-refractivity contribution in [3.63, 3.8) is 0 Å². The Labute approximate surface area is 94.9 Å². The average Bonchev–Trinajstić information content (AvgIpc) is 2.31. The van der Waals surface area contributed by atoms with E-state index in [-0.39, 0.29) is 0 Å². The Bertz CT molecular complexity index is 436. The monoisotopic (exact) mass is 215 g/mol. The maximum Gasteiger partial charge on any atom is 0.196 e. The number of hydrogen-bond donors (Lipinski definition) is 1. The minimum atomic E-state index is -1.16. The van der Waals surface area contributed by atoms with Crippen molar-refractivity contribution in [1.82, 2.24) is 0 Å². The van der Waals surface area contributed by atoms with Crippen LogP contribution in [0.4, 0.5) is 10.1 Å². The second-order valence-electron chi connectivity index (χ2n) is 3.78. The SMILES string of the molecule is Cc1ccc(C(F)Nc2ccccc2)cc1. The van der Waals surface area contributed by atoms with Gasteiger partial charge in [-0.1, -0.05) is 48.0 Å². The van der Waals surface area contributed by atoms with E-state index >= 15 is 0 Å². The molecule has 0 aromatic heterocycles. The lowest BCUT2D eigenvalue weighted by Crippen LogP contribution is -2.04. The maximum absolute atomic E-state index is 13.8. The molecule has 0 spiro atoms. The second-order valence-corrected chi connectivity index (χ2v) is 3.78. The molecule has 0 fully saturated rings. The fraction of sp³-hybridized carbons (Fsp3) is 0.143. The van der Waals surface area contributed by atoms with Crippen LogP contribution in [-0.4, -0.2) is 0 Å². The Hall–Kier alpha value is -1.83. The number of halogens is 1. The van der Waals surface area contributed by atoms with Gasteiger partial charge in [0, 0.05) is 11.3 Å². The third-order valence-electron chi connectivity index (χ3n) is 2.44. The highest BCUT2D eigenvalue weighted by Gasteiger charge is 2.07. The summed E-state index contributed by atoms with van der Waals surface area (Å²) in [6.45, 7) is 1.99. The van der Waals surface area contributed by atoms with E-state index in [0.29, 0.717) is 5.56 Å². The van der Waals surface area contributed by atoms with E-state index in [9.17, 15) is 4.39 Å². The highest BCUT2D eigenvalue weighted by atomic mass is 19.1. The molecule has 16 heavy (non-hydrogen) atoms. The molecule has 82 valence electrons. The van der Waals surface area contributed by atoms with Crippen molar-refractivity contribution < 1.29 is 4.39 Å². The number of aryl methyl sites for hydroxylation is 1. The fourth-order valence-corrected chi connectivity index (χ4v) is 1.50. The first-order valence-corrected chi connectivity index (χ1v) is 5.28. The van der Waals surface area contributed by atoms with E-state index in [1.165, 1.54) is 0 Å². The molecule has 2 heteroatoms. The van der Waals surface area contributed by atoms with Gasteiger partial charge in [-0.3, -0.25) is 0 Å². The standard InChI is InChI=1S/C14H14FN/c1-11-7-9-12(10-8-11)14(15)16-13-5-3-2-4-6-13/h2-10,14,16H,1H3. The predicted molar refractivity (Wildman–Crippen MR) is 65.1 cm³/mol. The molecule has 0 aliphatic rings. The number of benzene rings is 2. The van der Waals surface area contributed by atoms with Crippen molar-refractivity contribution in [3.8, 4) is 0 Å². The lowest BCUT2D eigenvalue weighted by Gasteiger charge is -2.12. The van der Waals surface area contributed by atoms with E-state index in [2.05, 4.69) is 5.32 Å². The van der Waals surface area contributed by atoms with Gasteiger partial charge in [0.05, 0.1) is 0 Å². The molecule has 2 rings (SSSR count). The number of alkyl halides is 1. The molecule has 0 saturated heterocycles. The molecule has 1 atom stereocenters. The first kappa shape index (κ1) is 10.7. The highest BCUT2D eigenvalue weighted by Crippen LogP contribution is 2.20. The van der Waals surface area contributed by atoms with E-state index in [4.69, 9.17) is 0 Å². The zero-order valence-electron chi connectivity index (χ0n) is 9.15. The molecule has 2 aromatic rings. The summed E-state index contributed by atoms with van der Waals surface area (Å²) in [5, 5.41) is 2.81. The third kappa shape index (κ3) is 2.60. The molecule has 0 aliphatic carbocycles. The predicted octanol–water partition coefficient (Wildman–Crippen LogP) is 4.08. The Balaban J connectivity index is 2.09. The molecule has 1 nitrogen and oxygen atoms in total. The molecule has 0 radical (unpaired) electrons. The molecule has 0 bridgehead atoms. The number of anilines is 1. The molecule has 1 N–H and O–H groups in total. The van der Waals surface area contributed by atoms with Gasteiger partial charge in [0.15, 0.2) is 6.30 Å². The summed E-state index contributed by atoms with van der Waals surface area (Å²) < 4.78 is 13.8. The summed E-state index contributed by atoms with van der Waals surface area (Å²) in [5.41, 5.74) is 2.57. The first-order chi connectivity index (χ1) is 7.75. The van der Waals surface area contributed by atoms with Gasteiger partial charge in [-0.25, -0.2) is 4.39 Å². The topological polar surface area (TPSA) is 12.0 Å². The van der Waals surface area contributed by atoms with Crippen LogP contribution >= 0.6 is 0 Å². The largest absolute Gasteiger partial charge is 0.352 e. The zero-order chi connectivity index (χ0) is 11.4. The molecule has 0 saturated carbocycles. The number of nitrogens with one attached hydrogen (secondary N) is 1. The Morgan fingerprint density at radius 1 is 0.938 bits per heavy atom. The molecule has 0 amide bonds. The normalized spacial score (nSPS) is 12.1. The van der Waals surface area contributed by atoms with Gasteiger partial charge in [-0.2, -0.15) is 0 Å². The van der Waals surface area contributed by atoms with Crippen LogP contribution in [0.25, 0.3) is 0 Å². The average molecular weight is 215 g/mol. The molecule has 0 heterocycles. The lowest BCUT2D eigenvalue weighted by molar-refractivity contribution is 0.385. The summed E-state index contributed by atoms with van der Waals surface area (Å²) in [4.78, 5) is 0. The van der Waals surface area contributed by atoms with Crippen LogP contribution < -0.4 is 5.32 Å². The molecule has 0 aliphatic heterocycles. The fourth-order valence-electron chi connectivity index (χ4n) is 1.50. The maximum atomic E-state index is 13.8. The number of hydrogen-bond acceptors (Lipinski definition) is 1. The summed E-state index contributed by atoms with van der Waals surface area (Å²) in [5.74, 6) is 0. The van der Waals surface area contributed by atoms with Gasteiger partial charge in [0.1, 0.15) is 0 Å². The van der Waals surface area contributed by atoms with E-state index in [1.807, 2.05) is 49.4 Å². The number of para-hydroxylation sites is 1. The van der Waals surface area contributed by atoms with Crippen molar-refractivity contribution >= 4 is 5.69 Å². The summed E-state index contributed by atoms with van der Waals surface area (Å²) in [6, 6.07) is 16.8. The third-order valence-corrected chi connectivity index (χ3v) is 2.44. The Kier molecular flexibility index (Phi) is 3.20. The van der Waals surface area contributed by atoms with Crippen LogP contribution in [0.2, 0.25) is 0 Å². The van der Waals surface area contributed by atoms with Gasteiger partial charge in [-0.15, -0.1) is 0 Å². The Morgan fingerprint density at radius 2 is 1.56 bits per heavy atom. The summed E-state index contributed by atoms with van der Waals surface area (Å²) in [7, 11) is 0. The minimum absolute atomic E-state index is 0.648. The van der Waals surface area contributed by atoms with Crippen molar-refractivity contribution in [3.05, 3.63) is 65.7 Å². The van der Waals surface area contributed by atoms with Crippen LogP contribution in [0, 0.1) is 6.92 Å². The summed E-state index contributed by atoms with van der Waals surface area (Å²) in [6.07, 6.45) is -1.16. The Morgan fingerprint density at radius 3 is 2.19 bits per heavy atom. The van der Waals surface area contributed by atoms with Crippen LogP contribution in [0.15, 0.2) is 54.6 Å². The number of rotatable bonds is 3. The van der Waals surface area contributed by atoms with Crippen molar-refractivity contribution in [2.75, 3.05) is 5.32 Å². The quantitative estimate of drug-likeness (QED) is 0.761. The van der Waals surface area contributed by atoms with E-state index in [0.717, 1.165) is 11.3 Å². The van der Waals surface area contributed by atoms with Crippen molar-refractivity contribution in [1.29, 1.82) is 0 Å². The zero-order valence-corrected chi connectivity index (χ0v) is 9.15. The van der Waals surface area contributed by atoms with Crippen molar-refractivity contribution in [2.45, 2.75) is 13.2 Å². The van der Waals surface area contributed by atoms with E-state index < -0.39 is 6.30 Å². The molecular weight excluding hydrogens is 201 g/mol. The van der Waals surface area contributed by atoms with E-state index in [1.54, 1.807) is 12.1 Å². The van der Waals surface area contributed by atoms with Gasteiger partial charge < -0.3 is 5.32 Å². The minimum Gasteiger partial charge on any atom is -0.352 e. The van der Waals surface area contributed by atoms with Crippen LogP contribution in [0.3, 0.4) is 0 Å². The van der Waals surface area contributed by atoms with Gasteiger partial charge in [0.2, 0.25) is 0 Å². The van der Waals surface area contributed by atoms with Gasteiger partial charge in [0.25, 0.3) is 0 Å². The van der Waals surface area contributed by atoms with Gasteiger partial charge in [-0.05, 0) is 19.1 Å². The van der Waals surface area contributed by atoms with Crippen LogP contribution in [0.5, 0.6) is 0 Å². The van der Waals surface area contributed by atoms with Crippen LogP contribution in [0.1, 0.15) is 17.4 Å². The highest BCUT2D eigenvalue weighted by molar-refractivity contribution is 5.44. The first-order valence-electron chi connectivity index (χ1n) is 5.28. The molecule has 2 aromatic carbocycles. The summed E-state index contributed by atoms with van der Waals surface area (Å²) >= 11 is 0. The molecule has 1 unspecified atom stereocenters. The van der Waals surface area contributed by atoms with Crippen molar-refractivity contribution in [2.24, 2.45) is 0 Å². The smallest absolute Gasteiger partial charge is 0.196 e. The lowest BCUT2D eigenvalue weighted by atomic mass is 10.1. The van der Waals surface area contributed by atoms with Crippen LogP contribution in [-0.2, 0) is 0 Å².